The van der Waals surface area contributed by atoms with Crippen LogP contribution < -0.4 is 9.47 Å². The van der Waals surface area contributed by atoms with Crippen LogP contribution in [0, 0.1) is 13.1 Å². The Bertz CT molecular complexity index is 6070. The van der Waals surface area contributed by atoms with Gasteiger partial charge in [0.05, 0.1) is 13.1 Å². The van der Waals surface area contributed by atoms with Gasteiger partial charge in [-0.15, -0.1) is 0 Å². The van der Waals surface area contributed by atoms with E-state index in [2.05, 4.69) is 277 Å². The van der Waals surface area contributed by atoms with E-state index in [4.69, 9.17) is 22.6 Å². The standard InChI is InChI=1S/C47H27NO.C41H23NO/c1-48-34-24-33-12-9-17-40-39-23-22-32(25-45(39)49-46(26-34)47(33)40)29-18-20-31(21-19-29)42-28-44-37-15-7-5-13-35(37)41(30-10-3-2-4-11-30)27-43(44)38-16-8-6-14-36(38)42;1-42-30-21-29-8-6-12-36-35-20-18-28(22-39(35)43-40(23-30)41(29)36)25-13-15-27(16-14-25)37-24-38-31-9-3-2-7-26(31)17-19-34(38)32-10-4-5-11-33(32)37/h2-28H;2-24H. The molecule has 0 N–H and O–H groups in total. The van der Waals surface area contributed by atoms with E-state index in [1.165, 1.54) is 98.0 Å². The maximum atomic E-state index is 7.56. The van der Waals surface area contributed by atoms with Gasteiger partial charge in [0.25, 0.3) is 0 Å². The van der Waals surface area contributed by atoms with E-state index in [1.54, 1.807) is 0 Å². The maximum Gasteiger partial charge on any atom is 0.191 e. The molecule has 0 unspecified atom stereocenters. The summed E-state index contributed by atoms with van der Waals surface area (Å²) in [4.78, 5) is 7.33. The lowest BCUT2D eigenvalue weighted by Gasteiger charge is -2.22. The minimum atomic E-state index is 0.584. The predicted octanol–water partition coefficient (Wildman–Crippen LogP) is 25.6. The summed E-state index contributed by atoms with van der Waals surface area (Å²) >= 11 is 0. The Kier molecular flexibility index (Phi) is 12.0. The highest BCUT2D eigenvalue weighted by molar-refractivity contribution is 6.24. The molecule has 92 heavy (non-hydrogen) atoms. The van der Waals surface area contributed by atoms with Crippen molar-refractivity contribution >= 4 is 97.6 Å². The average Bonchev–Trinajstić information content (AvgIpc) is 0.788. The zero-order valence-corrected chi connectivity index (χ0v) is 49.6. The molecule has 2 heterocycles. The number of fused-ring (bicyclic) bond motifs is 14. The van der Waals surface area contributed by atoms with Gasteiger partial charge in [-0.05, 0) is 209 Å². The molecule has 19 rings (SSSR count). The second-order valence-electron chi connectivity index (χ2n) is 24.0. The Morgan fingerprint density at radius 1 is 0.196 bits per heavy atom. The van der Waals surface area contributed by atoms with Gasteiger partial charge in [-0.1, -0.05) is 237 Å². The molecule has 0 amide bonds. The number of rotatable bonds is 5. The number of ether oxygens (including phenoxy) is 2. The number of nitrogens with zero attached hydrogens (tertiary/aromatic N) is 2. The molecule has 0 bridgehead atoms. The van der Waals surface area contributed by atoms with Crippen molar-refractivity contribution in [3.63, 3.8) is 0 Å². The monoisotopic (exact) mass is 1170 g/mol. The molecule has 17 aromatic carbocycles. The number of benzene rings is 17. The van der Waals surface area contributed by atoms with Gasteiger partial charge >= 0.3 is 0 Å². The van der Waals surface area contributed by atoms with Crippen LogP contribution in [0.15, 0.2) is 303 Å². The van der Waals surface area contributed by atoms with Gasteiger partial charge in [-0.2, -0.15) is 0 Å². The molecule has 0 spiro atoms. The van der Waals surface area contributed by atoms with E-state index in [0.717, 1.165) is 89.1 Å². The highest BCUT2D eigenvalue weighted by atomic mass is 16.5. The van der Waals surface area contributed by atoms with E-state index in [1.807, 2.05) is 36.4 Å². The third kappa shape index (κ3) is 8.51. The largest absolute Gasteiger partial charge is 0.457 e. The van der Waals surface area contributed by atoms with Crippen LogP contribution in [0.4, 0.5) is 11.4 Å². The molecule has 0 radical (unpaired) electrons. The Hall–Kier alpha value is -12.6. The fourth-order valence-electron chi connectivity index (χ4n) is 14.6. The quantitative estimate of drug-likeness (QED) is 0.127. The van der Waals surface area contributed by atoms with E-state index in [-0.39, 0.29) is 0 Å². The van der Waals surface area contributed by atoms with Crippen molar-refractivity contribution in [2.24, 2.45) is 0 Å². The van der Waals surface area contributed by atoms with E-state index in [0.29, 0.717) is 11.4 Å². The van der Waals surface area contributed by atoms with Crippen LogP contribution in [0.5, 0.6) is 23.0 Å². The smallest absolute Gasteiger partial charge is 0.191 e. The molecular weight excluding hydrogens is 1120 g/mol. The fraction of sp³-hybridized carbons (Fsp3) is 0. The lowest BCUT2D eigenvalue weighted by atomic mass is 9.87. The molecular formula is C88H50N2O2. The van der Waals surface area contributed by atoms with Gasteiger partial charge in [0.2, 0.25) is 0 Å². The normalized spacial score (nSPS) is 11.8. The van der Waals surface area contributed by atoms with Crippen molar-refractivity contribution in [3.8, 4) is 101 Å². The molecule has 0 fully saturated rings. The van der Waals surface area contributed by atoms with Crippen molar-refractivity contribution in [1.82, 2.24) is 0 Å². The zero-order valence-electron chi connectivity index (χ0n) is 49.6. The molecule has 0 atom stereocenters. The Labute approximate surface area is 530 Å². The van der Waals surface area contributed by atoms with Crippen molar-refractivity contribution in [2.45, 2.75) is 0 Å². The van der Waals surface area contributed by atoms with Crippen LogP contribution in [-0.4, -0.2) is 0 Å². The summed E-state index contributed by atoms with van der Waals surface area (Å²) in [6.45, 7) is 15.1. The van der Waals surface area contributed by atoms with E-state index in [9.17, 15) is 0 Å². The second-order valence-corrected chi connectivity index (χ2v) is 24.0. The summed E-state index contributed by atoms with van der Waals surface area (Å²) in [5, 5.41) is 19.3. The molecule has 0 saturated heterocycles. The summed E-state index contributed by atoms with van der Waals surface area (Å²) in [5.74, 6) is 3.11. The molecule has 17 aromatic rings. The zero-order chi connectivity index (χ0) is 61.0. The summed E-state index contributed by atoms with van der Waals surface area (Å²) < 4.78 is 12.9. The van der Waals surface area contributed by atoms with Crippen molar-refractivity contribution in [1.29, 1.82) is 0 Å². The molecule has 4 nitrogen and oxygen atoms in total. The van der Waals surface area contributed by atoms with E-state index < -0.39 is 0 Å². The highest BCUT2D eigenvalue weighted by Gasteiger charge is 2.24. The first-order chi connectivity index (χ1) is 45.5. The van der Waals surface area contributed by atoms with Gasteiger partial charge in [0, 0.05) is 21.9 Å². The fourth-order valence-corrected chi connectivity index (χ4v) is 14.6. The predicted molar refractivity (Wildman–Crippen MR) is 384 cm³/mol. The highest BCUT2D eigenvalue weighted by Crippen LogP contribution is 2.52. The third-order valence-corrected chi connectivity index (χ3v) is 18.9. The third-order valence-electron chi connectivity index (χ3n) is 18.9. The molecule has 424 valence electrons. The van der Waals surface area contributed by atoms with Crippen molar-refractivity contribution in [2.75, 3.05) is 0 Å². The first-order valence-corrected chi connectivity index (χ1v) is 31.0. The summed E-state index contributed by atoms with van der Waals surface area (Å²) in [7, 11) is 0. The molecule has 2 aliphatic rings. The van der Waals surface area contributed by atoms with Gasteiger partial charge in [0.15, 0.2) is 11.4 Å². The van der Waals surface area contributed by atoms with Crippen LogP contribution in [-0.2, 0) is 0 Å². The first kappa shape index (κ1) is 52.5. The van der Waals surface area contributed by atoms with Crippen LogP contribution in [0.2, 0.25) is 0 Å². The molecule has 4 heteroatoms. The molecule has 0 saturated carbocycles. The first-order valence-electron chi connectivity index (χ1n) is 31.0. The Morgan fingerprint density at radius 2 is 0.554 bits per heavy atom. The summed E-state index contributed by atoms with van der Waals surface area (Å²) in [6.07, 6.45) is 0. The van der Waals surface area contributed by atoms with Gasteiger partial charge in [0.1, 0.15) is 23.0 Å². The Balaban J connectivity index is 0.000000137. The van der Waals surface area contributed by atoms with E-state index >= 15 is 0 Å². The molecule has 0 aromatic heterocycles. The lowest BCUT2D eigenvalue weighted by Crippen LogP contribution is -1.97. The molecule has 0 aliphatic carbocycles. The minimum Gasteiger partial charge on any atom is -0.457 e. The van der Waals surface area contributed by atoms with Gasteiger partial charge < -0.3 is 9.47 Å². The SMILES string of the molecule is [C-]#[N+]c1cc2c3c(cccc3c1)-c1ccc(-c3ccc(-c4cc5c6ccccc6c(-c6ccccc6)cc5c5ccccc45)cc3)cc1O2.[C-]#[N+]c1cc2c3c(cccc3c1)-c1ccc(-c3ccc(-c4cc5c6ccccc6ccc5c5ccccc45)cc3)cc1O2. The van der Waals surface area contributed by atoms with Crippen molar-refractivity contribution < 1.29 is 9.47 Å². The lowest BCUT2D eigenvalue weighted by molar-refractivity contribution is 0.487. The molecule has 2 aliphatic heterocycles. The van der Waals surface area contributed by atoms with Crippen LogP contribution in [0.3, 0.4) is 0 Å². The second kappa shape index (κ2) is 21.0. The Morgan fingerprint density at radius 3 is 1.02 bits per heavy atom. The summed E-state index contributed by atoms with van der Waals surface area (Å²) in [5.41, 5.74) is 17.3. The van der Waals surface area contributed by atoms with Crippen LogP contribution >= 0.6 is 0 Å². The van der Waals surface area contributed by atoms with Crippen LogP contribution in [0.1, 0.15) is 0 Å². The minimum absolute atomic E-state index is 0.584. The topological polar surface area (TPSA) is 27.2 Å². The average molecular weight is 1170 g/mol. The number of hydrogen-bond donors (Lipinski definition) is 0. The van der Waals surface area contributed by atoms with Gasteiger partial charge in [-0.25, -0.2) is 9.69 Å². The summed E-state index contributed by atoms with van der Waals surface area (Å²) in [6, 6.07) is 108. The van der Waals surface area contributed by atoms with Crippen molar-refractivity contribution in [3.05, 3.63) is 326 Å². The number of hydrogen-bond acceptors (Lipinski definition) is 2. The van der Waals surface area contributed by atoms with Crippen LogP contribution in [0.25, 0.3) is 174 Å². The maximum absolute atomic E-state index is 7.56. The van der Waals surface area contributed by atoms with Gasteiger partial charge in [-0.3, -0.25) is 0 Å².